The second-order valence-electron chi connectivity index (χ2n) is 4.40. The fourth-order valence-electron chi connectivity index (χ4n) is 2.12. The van der Waals surface area contributed by atoms with Crippen molar-refractivity contribution >= 4 is 21.7 Å². The van der Waals surface area contributed by atoms with Crippen LogP contribution in [0.4, 0.5) is 0 Å². The average molecular weight is 325 g/mol. The minimum atomic E-state index is 0.0666. The highest BCUT2D eigenvalue weighted by molar-refractivity contribution is 9.10. The molecule has 19 heavy (non-hydrogen) atoms. The molecule has 0 aliphatic heterocycles. The Morgan fingerprint density at radius 3 is 2.74 bits per heavy atom. The van der Waals surface area contributed by atoms with Crippen LogP contribution in [0.25, 0.3) is 0 Å². The van der Waals surface area contributed by atoms with Crippen LogP contribution in [-0.2, 0) is 26.3 Å². The molecule has 0 fully saturated rings. The molecule has 0 amide bonds. The number of carbonyl (C=O) groups excluding carboxylic acids is 1. The summed E-state index contributed by atoms with van der Waals surface area (Å²) in [6.45, 7) is 4.02. The van der Waals surface area contributed by atoms with Crippen LogP contribution in [0.2, 0.25) is 0 Å². The van der Waals surface area contributed by atoms with Crippen molar-refractivity contribution in [2.45, 2.75) is 33.1 Å². The van der Waals surface area contributed by atoms with Gasteiger partial charge in [0.15, 0.2) is 5.78 Å². The zero-order valence-electron chi connectivity index (χ0n) is 11.4. The standard InChI is InChI=1S/C14H17BrN2O2/c1-4-10-14(15)11(17(3)16-10)8-12(18)9-6-7-19-13(9)5-2/h6-7H,4-5,8H2,1-3H3. The van der Waals surface area contributed by atoms with Crippen LogP contribution in [-0.4, -0.2) is 15.6 Å². The maximum atomic E-state index is 12.3. The van der Waals surface area contributed by atoms with Crippen molar-refractivity contribution in [2.75, 3.05) is 0 Å². The Labute approximate surface area is 120 Å². The van der Waals surface area contributed by atoms with E-state index in [1.165, 1.54) is 0 Å². The fraction of sp³-hybridized carbons (Fsp3) is 0.429. The van der Waals surface area contributed by atoms with Crippen LogP contribution in [0.5, 0.6) is 0 Å². The molecule has 0 unspecified atom stereocenters. The first kappa shape index (κ1) is 14.1. The van der Waals surface area contributed by atoms with Gasteiger partial charge in [-0.1, -0.05) is 13.8 Å². The molecular weight excluding hydrogens is 308 g/mol. The molecule has 2 aromatic heterocycles. The maximum Gasteiger partial charge on any atom is 0.172 e. The fourth-order valence-corrected chi connectivity index (χ4v) is 2.88. The van der Waals surface area contributed by atoms with Crippen molar-refractivity contribution in [3.63, 3.8) is 0 Å². The van der Waals surface area contributed by atoms with E-state index in [4.69, 9.17) is 4.42 Å². The third-order valence-electron chi connectivity index (χ3n) is 3.20. The third-order valence-corrected chi connectivity index (χ3v) is 4.11. The van der Waals surface area contributed by atoms with Crippen molar-refractivity contribution in [1.29, 1.82) is 0 Å². The number of ketones is 1. The minimum absolute atomic E-state index is 0.0666. The zero-order valence-corrected chi connectivity index (χ0v) is 13.0. The molecule has 0 atom stereocenters. The first-order chi connectivity index (χ1) is 9.08. The maximum absolute atomic E-state index is 12.3. The van der Waals surface area contributed by atoms with E-state index in [0.29, 0.717) is 12.0 Å². The van der Waals surface area contributed by atoms with Crippen LogP contribution in [0.15, 0.2) is 21.2 Å². The topological polar surface area (TPSA) is 48.0 Å². The lowest BCUT2D eigenvalue weighted by molar-refractivity contribution is 0.0988. The Morgan fingerprint density at radius 1 is 1.42 bits per heavy atom. The largest absolute Gasteiger partial charge is 0.469 e. The smallest absolute Gasteiger partial charge is 0.172 e. The SMILES string of the molecule is CCc1nn(C)c(CC(=O)c2ccoc2CC)c1Br. The molecule has 0 bridgehead atoms. The number of hydrogen-bond acceptors (Lipinski definition) is 3. The van der Waals surface area contributed by atoms with Gasteiger partial charge < -0.3 is 4.42 Å². The van der Waals surface area contributed by atoms with Crippen molar-refractivity contribution in [3.05, 3.63) is 39.5 Å². The summed E-state index contributed by atoms with van der Waals surface area (Å²) in [5.74, 6) is 0.816. The van der Waals surface area contributed by atoms with Crippen LogP contribution in [0.1, 0.15) is 41.4 Å². The Balaban J connectivity index is 2.27. The summed E-state index contributed by atoms with van der Waals surface area (Å²) in [6.07, 6.45) is 3.47. The Hall–Kier alpha value is -1.36. The predicted molar refractivity (Wildman–Crippen MR) is 76.4 cm³/mol. The molecule has 0 saturated heterocycles. The summed E-state index contributed by atoms with van der Waals surface area (Å²) < 4.78 is 8.01. The number of nitrogens with zero attached hydrogens (tertiary/aromatic N) is 2. The first-order valence-electron chi connectivity index (χ1n) is 6.38. The number of rotatable bonds is 5. The van der Waals surface area contributed by atoms with E-state index in [-0.39, 0.29) is 5.78 Å². The van der Waals surface area contributed by atoms with Crippen molar-refractivity contribution < 1.29 is 9.21 Å². The van der Waals surface area contributed by atoms with Crippen molar-refractivity contribution in [1.82, 2.24) is 9.78 Å². The van der Waals surface area contributed by atoms with Crippen LogP contribution < -0.4 is 0 Å². The van der Waals surface area contributed by atoms with Crippen LogP contribution >= 0.6 is 15.9 Å². The molecule has 0 aliphatic carbocycles. The monoisotopic (exact) mass is 324 g/mol. The lowest BCUT2D eigenvalue weighted by Gasteiger charge is -2.02. The normalized spacial score (nSPS) is 10.9. The minimum Gasteiger partial charge on any atom is -0.469 e. The number of hydrogen-bond donors (Lipinski definition) is 0. The summed E-state index contributed by atoms with van der Waals surface area (Å²) in [4.78, 5) is 12.3. The predicted octanol–water partition coefficient (Wildman–Crippen LogP) is 3.33. The van der Waals surface area contributed by atoms with Gasteiger partial charge in [0.25, 0.3) is 0 Å². The van der Waals surface area contributed by atoms with E-state index in [1.807, 2.05) is 20.9 Å². The molecule has 0 aliphatic rings. The number of aromatic nitrogens is 2. The lowest BCUT2D eigenvalue weighted by atomic mass is 10.1. The molecule has 2 rings (SSSR count). The van der Waals surface area contributed by atoms with Gasteiger partial charge >= 0.3 is 0 Å². The molecule has 5 heteroatoms. The van der Waals surface area contributed by atoms with E-state index in [1.54, 1.807) is 17.0 Å². The summed E-state index contributed by atoms with van der Waals surface area (Å²) in [5, 5.41) is 4.40. The van der Waals surface area contributed by atoms with Gasteiger partial charge in [0, 0.05) is 13.5 Å². The summed E-state index contributed by atoms with van der Waals surface area (Å²) in [6, 6.07) is 1.74. The summed E-state index contributed by atoms with van der Waals surface area (Å²) >= 11 is 3.53. The molecule has 0 radical (unpaired) electrons. The molecule has 0 N–H and O–H groups in total. The third kappa shape index (κ3) is 2.66. The number of carbonyl (C=O) groups is 1. The lowest BCUT2D eigenvalue weighted by Crippen LogP contribution is -2.09. The molecule has 0 saturated carbocycles. The van der Waals surface area contributed by atoms with Gasteiger partial charge in [0.1, 0.15) is 5.76 Å². The summed E-state index contributed by atoms with van der Waals surface area (Å²) in [5.41, 5.74) is 2.56. The van der Waals surface area contributed by atoms with Gasteiger partial charge in [-0.05, 0) is 28.4 Å². The Bertz CT molecular complexity index is 599. The van der Waals surface area contributed by atoms with Gasteiger partial charge in [-0.2, -0.15) is 5.10 Å². The Kier molecular flexibility index (Phi) is 4.24. The van der Waals surface area contributed by atoms with E-state index in [2.05, 4.69) is 21.0 Å². The second kappa shape index (κ2) is 5.74. The van der Waals surface area contributed by atoms with Gasteiger partial charge in [0.05, 0.1) is 34.1 Å². The average Bonchev–Trinajstić information content (AvgIpc) is 2.97. The van der Waals surface area contributed by atoms with E-state index < -0.39 is 0 Å². The summed E-state index contributed by atoms with van der Waals surface area (Å²) in [7, 11) is 1.86. The van der Waals surface area contributed by atoms with Crippen molar-refractivity contribution in [3.8, 4) is 0 Å². The molecule has 102 valence electrons. The van der Waals surface area contributed by atoms with E-state index >= 15 is 0 Å². The highest BCUT2D eigenvalue weighted by Gasteiger charge is 2.19. The first-order valence-corrected chi connectivity index (χ1v) is 7.17. The number of furan rings is 1. The van der Waals surface area contributed by atoms with Crippen molar-refractivity contribution in [2.24, 2.45) is 7.05 Å². The van der Waals surface area contributed by atoms with E-state index in [9.17, 15) is 4.79 Å². The van der Waals surface area contributed by atoms with Gasteiger partial charge in [-0.3, -0.25) is 9.48 Å². The number of aryl methyl sites for hydroxylation is 3. The zero-order chi connectivity index (χ0) is 14.0. The van der Waals surface area contributed by atoms with Gasteiger partial charge in [-0.15, -0.1) is 0 Å². The van der Waals surface area contributed by atoms with Crippen LogP contribution in [0, 0.1) is 0 Å². The highest BCUT2D eigenvalue weighted by atomic mass is 79.9. The van der Waals surface area contributed by atoms with E-state index in [0.717, 1.165) is 34.5 Å². The number of Topliss-reactive ketones (excluding diaryl/α,β-unsaturated/α-hetero) is 1. The second-order valence-corrected chi connectivity index (χ2v) is 5.19. The molecule has 0 aromatic carbocycles. The highest BCUT2D eigenvalue weighted by Crippen LogP contribution is 2.24. The molecule has 2 aromatic rings. The van der Waals surface area contributed by atoms with Gasteiger partial charge in [-0.25, -0.2) is 0 Å². The molecule has 2 heterocycles. The molecular formula is C14H17BrN2O2. The number of halogens is 1. The van der Waals surface area contributed by atoms with Gasteiger partial charge in [0.2, 0.25) is 0 Å². The Morgan fingerprint density at radius 2 is 2.16 bits per heavy atom. The molecule has 0 spiro atoms. The van der Waals surface area contributed by atoms with Crippen LogP contribution in [0.3, 0.4) is 0 Å². The molecule has 4 nitrogen and oxygen atoms in total. The quantitative estimate of drug-likeness (QED) is 0.792.